The number of hydrogen-bond acceptors (Lipinski definition) is 3. The van der Waals surface area contributed by atoms with Gasteiger partial charge in [-0.3, -0.25) is 4.79 Å². The fraction of sp³-hybridized carbons (Fsp3) is 0.917. The van der Waals surface area contributed by atoms with E-state index in [-0.39, 0.29) is 17.9 Å². The molecule has 1 aliphatic rings. The largest absolute Gasteiger partial charge is 0.352 e. The van der Waals surface area contributed by atoms with E-state index < -0.39 is 0 Å². The van der Waals surface area contributed by atoms with Crippen molar-refractivity contribution in [1.82, 2.24) is 5.32 Å². The van der Waals surface area contributed by atoms with Crippen LogP contribution in [0.5, 0.6) is 0 Å². The first-order valence-electron chi connectivity index (χ1n) is 6.36. The highest BCUT2D eigenvalue weighted by Gasteiger charge is 2.22. The summed E-state index contributed by atoms with van der Waals surface area (Å²) >= 11 is 1.95. The van der Waals surface area contributed by atoms with Crippen molar-refractivity contribution >= 4 is 17.7 Å². The Morgan fingerprint density at radius 3 is 2.75 bits per heavy atom. The lowest BCUT2D eigenvalue weighted by atomic mass is 10.0. The van der Waals surface area contributed by atoms with Crippen LogP contribution in [0.2, 0.25) is 0 Å². The zero-order chi connectivity index (χ0) is 11.8. The Labute approximate surface area is 103 Å². The molecule has 0 bridgehead atoms. The van der Waals surface area contributed by atoms with Crippen LogP contribution in [0.25, 0.3) is 0 Å². The summed E-state index contributed by atoms with van der Waals surface area (Å²) in [6.45, 7) is 2.72. The minimum Gasteiger partial charge on any atom is -0.352 e. The second-order valence-corrected chi connectivity index (χ2v) is 5.69. The molecule has 3 N–H and O–H groups in total. The summed E-state index contributed by atoms with van der Waals surface area (Å²) < 4.78 is 0. The molecule has 0 saturated carbocycles. The zero-order valence-corrected chi connectivity index (χ0v) is 11.0. The van der Waals surface area contributed by atoms with Crippen LogP contribution in [0.4, 0.5) is 0 Å². The SMILES string of the molecule is CCCCC(CN)NC(=O)C1CCSCC1. The van der Waals surface area contributed by atoms with Gasteiger partial charge in [-0.05, 0) is 30.8 Å². The number of rotatable bonds is 6. The summed E-state index contributed by atoms with van der Waals surface area (Å²) in [5.41, 5.74) is 5.67. The van der Waals surface area contributed by atoms with Gasteiger partial charge in [-0.2, -0.15) is 11.8 Å². The van der Waals surface area contributed by atoms with Crippen molar-refractivity contribution in [3.05, 3.63) is 0 Å². The Morgan fingerprint density at radius 1 is 1.50 bits per heavy atom. The number of nitrogens with one attached hydrogen (secondary N) is 1. The van der Waals surface area contributed by atoms with E-state index in [4.69, 9.17) is 5.73 Å². The van der Waals surface area contributed by atoms with Crippen LogP contribution in [-0.4, -0.2) is 30.0 Å². The fourth-order valence-electron chi connectivity index (χ4n) is 1.98. The van der Waals surface area contributed by atoms with Crippen molar-refractivity contribution in [3.8, 4) is 0 Å². The molecule has 94 valence electrons. The van der Waals surface area contributed by atoms with E-state index in [9.17, 15) is 4.79 Å². The van der Waals surface area contributed by atoms with E-state index in [1.54, 1.807) is 0 Å². The molecule has 0 aromatic heterocycles. The van der Waals surface area contributed by atoms with Crippen molar-refractivity contribution in [2.24, 2.45) is 11.7 Å². The van der Waals surface area contributed by atoms with Crippen molar-refractivity contribution in [3.63, 3.8) is 0 Å². The van der Waals surface area contributed by atoms with Gasteiger partial charge in [-0.15, -0.1) is 0 Å². The molecule has 1 unspecified atom stereocenters. The Morgan fingerprint density at radius 2 is 2.19 bits per heavy atom. The molecule has 0 aromatic rings. The first kappa shape index (κ1) is 13.8. The van der Waals surface area contributed by atoms with E-state index in [1.807, 2.05) is 11.8 Å². The number of nitrogens with two attached hydrogens (primary N) is 1. The van der Waals surface area contributed by atoms with Crippen molar-refractivity contribution < 1.29 is 4.79 Å². The lowest BCUT2D eigenvalue weighted by Gasteiger charge is -2.24. The van der Waals surface area contributed by atoms with Crippen LogP contribution in [-0.2, 0) is 4.79 Å². The molecular weight excluding hydrogens is 220 g/mol. The molecular formula is C12H24N2OS. The van der Waals surface area contributed by atoms with Gasteiger partial charge < -0.3 is 11.1 Å². The topological polar surface area (TPSA) is 55.1 Å². The van der Waals surface area contributed by atoms with Gasteiger partial charge >= 0.3 is 0 Å². The molecule has 1 saturated heterocycles. The molecule has 1 heterocycles. The maximum Gasteiger partial charge on any atom is 0.223 e. The maximum absolute atomic E-state index is 12.0. The minimum atomic E-state index is 0.182. The summed E-state index contributed by atoms with van der Waals surface area (Å²) in [5, 5.41) is 3.10. The average Bonchev–Trinajstić information content (AvgIpc) is 2.35. The molecule has 0 spiro atoms. The fourth-order valence-corrected chi connectivity index (χ4v) is 3.08. The first-order chi connectivity index (χ1) is 7.77. The number of carbonyl (C=O) groups is 1. The van der Waals surface area contributed by atoms with Gasteiger partial charge in [-0.25, -0.2) is 0 Å². The third kappa shape index (κ3) is 4.74. The molecule has 0 aliphatic carbocycles. The number of hydrogen-bond donors (Lipinski definition) is 2. The van der Waals surface area contributed by atoms with Crippen molar-refractivity contribution in [2.75, 3.05) is 18.1 Å². The standard InChI is InChI=1S/C12H24N2OS/c1-2-3-4-11(9-13)14-12(15)10-5-7-16-8-6-10/h10-11H,2-9,13H2,1H3,(H,14,15). The van der Waals surface area contributed by atoms with Crippen LogP contribution in [0.3, 0.4) is 0 Å². The van der Waals surface area contributed by atoms with Gasteiger partial charge in [0.1, 0.15) is 0 Å². The lowest BCUT2D eigenvalue weighted by molar-refractivity contribution is -0.125. The lowest BCUT2D eigenvalue weighted by Crippen LogP contribution is -2.43. The Balaban J connectivity index is 2.29. The average molecular weight is 244 g/mol. The van der Waals surface area contributed by atoms with E-state index in [1.165, 1.54) is 0 Å². The monoisotopic (exact) mass is 244 g/mol. The van der Waals surface area contributed by atoms with E-state index in [2.05, 4.69) is 12.2 Å². The number of thioether (sulfide) groups is 1. The van der Waals surface area contributed by atoms with Gasteiger partial charge in [0, 0.05) is 18.5 Å². The quantitative estimate of drug-likeness (QED) is 0.748. The van der Waals surface area contributed by atoms with Gasteiger partial charge in [0.2, 0.25) is 5.91 Å². The van der Waals surface area contributed by atoms with E-state index >= 15 is 0 Å². The summed E-state index contributed by atoms with van der Waals surface area (Å²) in [4.78, 5) is 12.0. The molecule has 16 heavy (non-hydrogen) atoms. The van der Waals surface area contributed by atoms with Gasteiger partial charge in [0.25, 0.3) is 0 Å². The third-order valence-electron chi connectivity index (χ3n) is 3.13. The smallest absolute Gasteiger partial charge is 0.223 e. The second kappa shape index (κ2) is 7.96. The Kier molecular flexibility index (Phi) is 6.88. The maximum atomic E-state index is 12.0. The predicted molar refractivity (Wildman–Crippen MR) is 70.6 cm³/mol. The summed E-state index contributed by atoms with van der Waals surface area (Å²) in [7, 11) is 0. The molecule has 0 radical (unpaired) electrons. The van der Waals surface area contributed by atoms with Gasteiger partial charge in [0.05, 0.1) is 0 Å². The second-order valence-electron chi connectivity index (χ2n) is 4.47. The zero-order valence-electron chi connectivity index (χ0n) is 10.2. The number of unbranched alkanes of at least 4 members (excludes halogenated alkanes) is 1. The first-order valence-corrected chi connectivity index (χ1v) is 7.51. The van der Waals surface area contributed by atoms with Crippen molar-refractivity contribution in [2.45, 2.75) is 45.1 Å². The van der Waals surface area contributed by atoms with E-state index in [0.717, 1.165) is 43.6 Å². The van der Waals surface area contributed by atoms with Crippen LogP contribution < -0.4 is 11.1 Å². The molecule has 1 fully saturated rings. The number of carbonyl (C=O) groups excluding carboxylic acids is 1. The summed E-state index contributed by atoms with van der Waals surface area (Å²) in [6, 6.07) is 0.182. The predicted octanol–water partition coefficient (Wildman–Crippen LogP) is 1.76. The molecule has 1 atom stereocenters. The third-order valence-corrected chi connectivity index (χ3v) is 4.18. The molecule has 1 rings (SSSR count). The highest BCUT2D eigenvalue weighted by Crippen LogP contribution is 2.22. The van der Waals surface area contributed by atoms with Crippen LogP contribution in [0.1, 0.15) is 39.0 Å². The van der Waals surface area contributed by atoms with Crippen molar-refractivity contribution in [1.29, 1.82) is 0 Å². The molecule has 4 heteroatoms. The highest BCUT2D eigenvalue weighted by molar-refractivity contribution is 7.99. The van der Waals surface area contributed by atoms with Crippen LogP contribution in [0.15, 0.2) is 0 Å². The highest BCUT2D eigenvalue weighted by atomic mass is 32.2. The molecule has 3 nitrogen and oxygen atoms in total. The minimum absolute atomic E-state index is 0.182. The summed E-state index contributed by atoms with van der Waals surface area (Å²) in [5.74, 6) is 2.71. The number of amides is 1. The summed E-state index contributed by atoms with van der Waals surface area (Å²) in [6.07, 6.45) is 5.37. The van der Waals surface area contributed by atoms with E-state index in [0.29, 0.717) is 6.54 Å². The van der Waals surface area contributed by atoms with Crippen LogP contribution in [0, 0.1) is 5.92 Å². The molecule has 1 aliphatic heterocycles. The van der Waals surface area contributed by atoms with Gasteiger partial charge in [0.15, 0.2) is 0 Å². The molecule has 0 aromatic carbocycles. The normalized spacial score (nSPS) is 19.4. The Bertz CT molecular complexity index is 205. The van der Waals surface area contributed by atoms with Gasteiger partial charge in [-0.1, -0.05) is 19.8 Å². The van der Waals surface area contributed by atoms with Crippen LogP contribution >= 0.6 is 11.8 Å². The Hall–Kier alpha value is -0.220. The molecule has 1 amide bonds.